The van der Waals surface area contributed by atoms with E-state index in [2.05, 4.69) is 41.6 Å². The van der Waals surface area contributed by atoms with Gasteiger partial charge < -0.3 is 19.8 Å². The molecule has 1 fully saturated rings. The monoisotopic (exact) mass is 566 g/mol. The van der Waals surface area contributed by atoms with Gasteiger partial charge >= 0.3 is 5.97 Å². The first-order chi connectivity index (χ1) is 17.8. The number of imidazole rings is 1. The van der Waals surface area contributed by atoms with E-state index in [1.807, 2.05) is 26.1 Å². The smallest absolute Gasteiger partial charge is 0.337 e. The lowest BCUT2D eigenvalue weighted by Gasteiger charge is -2.18. The third kappa shape index (κ3) is 5.49. The van der Waals surface area contributed by atoms with Gasteiger partial charge in [0.25, 0.3) is 0 Å². The largest absolute Gasteiger partial charge is 0.477 e. The number of benzene rings is 1. The Kier molecular flexibility index (Phi) is 7.19. The van der Waals surface area contributed by atoms with Crippen LogP contribution >= 0.6 is 15.9 Å². The predicted molar refractivity (Wildman–Crippen MR) is 145 cm³/mol. The third-order valence-electron chi connectivity index (χ3n) is 6.95. The van der Waals surface area contributed by atoms with Crippen molar-refractivity contribution in [3.05, 3.63) is 52.3 Å². The van der Waals surface area contributed by atoms with E-state index in [1.54, 1.807) is 23.0 Å². The predicted octanol–water partition coefficient (Wildman–Crippen LogP) is 5.16. The summed E-state index contributed by atoms with van der Waals surface area (Å²) in [4.78, 5) is 21.2. The maximum absolute atomic E-state index is 12.1. The van der Waals surface area contributed by atoms with Gasteiger partial charge in [-0.3, -0.25) is 4.98 Å². The number of carbonyl (C=O) groups excluding carboxylic acids is 1. The fourth-order valence-corrected chi connectivity index (χ4v) is 5.24. The molecule has 0 spiro atoms. The van der Waals surface area contributed by atoms with Gasteiger partial charge in [0.15, 0.2) is 0 Å². The molecule has 5 rings (SSSR count). The van der Waals surface area contributed by atoms with Gasteiger partial charge in [-0.15, -0.1) is 0 Å². The summed E-state index contributed by atoms with van der Waals surface area (Å²) < 4.78 is 16.1. The number of halogens is 1. The third-order valence-corrected chi connectivity index (χ3v) is 7.45. The summed E-state index contributed by atoms with van der Waals surface area (Å²) in [5.74, 6) is 1.90. The Morgan fingerprint density at radius 3 is 2.81 bits per heavy atom. The first-order valence-corrected chi connectivity index (χ1v) is 13.3. The second-order valence-corrected chi connectivity index (χ2v) is 10.6. The number of nitrogens with two attached hydrogens (primary N) is 1. The number of rotatable bonds is 10. The summed E-state index contributed by atoms with van der Waals surface area (Å²) in [6.07, 6.45) is 6.21. The van der Waals surface area contributed by atoms with E-state index in [9.17, 15) is 4.79 Å². The van der Waals surface area contributed by atoms with E-state index in [0.717, 1.165) is 46.1 Å². The molecule has 0 bridgehead atoms. The van der Waals surface area contributed by atoms with E-state index in [-0.39, 0.29) is 0 Å². The van der Waals surface area contributed by atoms with Gasteiger partial charge in [-0.25, -0.2) is 14.5 Å². The number of fused-ring (bicyclic) bond motifs is 1. The average molecular weight is 567 g/mol. The van der Waals surface area contributed by atoms with Gasteiger partial charge in [0.1, 0.15) is 0 Å². The zero-order valence-electron chi connectivity index (χ0n) is 21.3. The molecule has 1 saturated carbocycles. The van der Waals surface area contributed by atoms with Crippen LogP contribution in [0, 0.1) is 18.8 Å². The van der Waals surface area contributed by atoms with Crippen molar-refractivity contribution >= 4 is 38.9 Å². The molecule has 4 aromatic rings. The highest BCUT2D eigenvalue weighted by Crippen LogP contribution is 2.40. The van der Waals surface area contributed by atoms with Crippen molar-refractivity contribution in [3.8, 4) is 17.1 Å². The molecule has 0 unspecified atom stereocenters. The molecule has 1 atom stereocenters. The fraction of sp³-hybridized carbons (Fsp3) is 0.407. The number of ether oxygens (including phenoxy) is 2. The minimum atomic E-state index is -0.397. The van der Waals surface area contributed by atoms with Crippen LogP contribution < -0.4 is 10.5 Å². The maximum atomic E-state index is 12.1. The molecule has 3 heterocycles. The van der Waals surface area contributed by atoms with Crippen LogP contribution in [0.3, 0.4) is 0 Å². The van der Waals surface area contributed by atoms with Gasteiger partial charge in [0.2, 0.25) is 11.8 Å². The van der Waals surface area contributed by atoms with E-state index in [4.69, 9.17) is 15.2 Å². The van der Waals surface area contributed by atoms with Crippen molar-refractivity contribution in [1.82, 2.24) is 24.3 Å². The minimum absolute atomic E-state index is 0.397. The number of carbonyl (C=O) groups is 1. The molecule has 194 valence electrons. The van der Waals surface area contributed by atoms with Gasteiger partial charge in [0.05, 0.1) is 47.8 Å². The number of nitrogens with zero attached hydrogens (tertiary/aromatic N) is 5. The van der Waals surface area contributed by atoms with Crippen molar-refractivity contribution in [3.63, 3.8) is 0 Å². The van der Waals surface area contributed by atoms with E-state index in [0.29, 0.717) is 41.5 Å². The van der Waals surface area contributed by atoms with Gasteiger partial charge in [0, 0.05) is 23.8 Å². The molecule has 0 amide bonds. The molecule has 0 radical (unpaired) electrons. The highest BCUT2D eigenvalue weighted by molar-refractivity contribution is 9.10. The number of pyridine rings is 1. The SMILES string of the molecule is COC(=O)c1cc(C)nc(-c2cnn(C)c2OC[C@@H](CCCn2c(N)nc3cc(Br)ccc32)C2CC2)c1. The lowest BCUT2D eigenvalue weighted by atomic mass is 9.98. The minimum Gasteiger partial charge on any atom is -0.477 e. The van der Waals surface area contributed by atoms with Crippen LogP contribution in [0.5, 0.6) is 5.88 Å². The molecule has 1 aliphatic carbocycles. The molecular formula is C27H31BrN6O3. The van der Waals surface area contributed by atoms with Crippen molar-refractivity contribution in [2.24, 2.45) is 18.9 Å². The van der Waals surface area contributed by atoms with Crippen LogP contribution in [0.2, 0.25) is 0 Å². The van der Waals surface area contributed by atoms with Crippen LogP contribution in [-0.2, 0) is 18.3 Å². The van der Waals surface area contributed by atoms with E-state index in [1.165, 1.54) is 20.0 Å². The molecule has 1 aromatic carbocycles. The summed E-state index contributed by atoms with van der Waals surface area (Å²) in [6.45, 7) is 3.26. The Bertz CT molecular complexity index is 1440. The topological polar surface area (TPSA) is 110 Å². The molecule has 9 nitrogen and oxygen atoms in total. The van der Waals surface area contributed by atoms with Crippen LogP contribution in [-0.4, -0.2) is 44.0 Å². The molecule has 0 saturated heterocycles. The Balaban J connectivity index is 1.27. The summed E-state index contributed by atoms with van der Waals surface area (Å²) in [5, 5.41) is 4.40. The lowest BCUT2D eigenvalue weighted by Crippen LogP contribution is -2.17. The second-order valence-electron chi connectivity index (χ2n) is 9.67. The maximum Gasteiger partial charge on any atom is 0.337 e. The highest BCUT2D eigenvalue weighted by Gasteiger charge is 2.32. The Hall–Kier alpha value is -3.40. The van der Waals surface area contributed by atoms with Crippen LogP contribution in [0.4, 0.5) is 5.95 Å². The molecule has 37 heavy (non-hydrogen) atoms. The number of aryl methyl sites for hydroxylation is 3. The summed E-state index contributed by atoms with van der Waals surface area (Å²) >= 11 is 3.50. The summed E-state index contributed by atoms with van der Waals surface area (Å²) in [7, 11) is 3.23. The number of anilines is 1. The van der Waals surface area contributed by atoms with Crippen molar-refractivity contribution < 1.29 is 14.3 Å². The molecular weight excluding hydrogens is 536 g/mol. The van der Waals surface area contributed by atoms with Crippen molar-refractivity contribution in [1.29, 1.82) is 0 Å². The van der Waals surface area contributed by atoms with Crippen LogP contribution in [0.15, 0.2) is 41.0 Å². The van der Waals surface area contributed by atoms with Crippen molar-refractivity contribution in [2.45, 2.75) is 39.2 Å². The normalized spacial score (nSPS) is 14.2. The standard InChI is InChI=1S/C27H31BrN6O3/c1-16-11-19(26(35)36-3)12-22(31-16)21-14-30-33(2)25(21)37-15-18(17-6-7-17)5-4-10-34-24-9-8-20(28)13-23(24)32-27(34)29/h8-9,11-14,17-18H,4-7,10,15H2,1-3H3,(H2,29,32)/t18-/m1/s1. The number of aromatic nitrogens is 5. The molecule has 3 aromatic heterocycles. The first kappa shape index (κ1) is 25.3. The number of methoxy groups -OCH3 is 1. The number of hydrogen-bond donors (Lipinski definition) is 1. The van der Waals surface area contributed by atoms with Crippen LogP contribution in [0.1, 0.15) is 41.7 Å². The molecule has 10 heteroatoms. The summed E-state index contributed by atoms with van der Waals surface area (Å²) in [5.41, 5.74) is 10.7. The summed E-state index contributed by atoms with van der Waals surface area (Å²) in [6, 6.07) is 9.50. The zero-order chi connectivity index (χ0) is 26.1. The lowest BCUT2D eigenvalue weighted by molar-refractivity contribution is 0.0600. The zero-order valence-corrected chi connectivity index (χ0v) is 22.9. The Labute approximate surface area is 224 Å². The first-order valence-electron chi connectivity index (χ1n) is 12.5. The number of hydrogen-bond acceptors (Lipinski definition) is 7. The number of esters is 1. The van der Waals surface area contributed by atoms with Gasteiger partial charge in [-0.1, -0.05) is 15.9 Å². The molecule has 1 aliphatic rings. The van der Waals surface area contributed by atoms with Crippen LogP contribution in [0.25, 0.3) is 22.3 Å². The fourth-order valence-electron chi connectivity index (χ4n) is 4.89. The van der Waals surface area contributed by atoms with Crippen molar-refractivity contribution in [2.75, 3.05) is 19.5 Å². The van der Waals surface area contributed by atoms with Gasteiger partial charge in [-0.2, -0.15) is 5.10 Å². The Morgan fingerprint density at radius 2 is 2.05 bits per heavy atom. The van der Waals surface area contributed by atoms with E-state index >= 15 is 0 Å². The highest BCUT2D eigenvalue weighted by atomic mass is 79.9. The molecule has 0 aliphatic heterocycles. The molecule has 2 N–H and O–H groups in total. The number of nitrogen functional groups attached to an aromatic ring is 1. The second kappa shape index (κ2) is 10.5. The van der Waals surface area contributed by atoms with Gasteiger partial charge in [-0.05, 0) is 74.8 Å². The van der Waals surface area contributed by atoms with E-state index < -0.39 is 5.97 Å². The quantitative estimate of drug-likeness (QED) is 0.264. The average Bonchev–Trinajstić information content (AvgIpc) is 3.58. The Morgan fingerprint density at radius 1 is 1.24 bits per heavy atom.